The lowest BCUT2D eigenvalue weighted by atomic mass is 10.1. The van der Waals surface area contributed by atoms with Crippen LogP contribution < -0.4 is 15.6 Å². The summed E-state index contributed by atoms with van der Waals surface area (Å²) in [4.78, 5) is 62.0. The second-order valence-electron chi connectivity index (χ2n) is 6.69. The number of hydrogen-bond donors (Lipinski definition) is 2. The molecule has 0 atom stereocenters. The van der Waals surface area contributed by atoms with Crippen molar-refractivity contribution in [1.82, 2.24) is 15.8 Å². The lowest BCUT2D eigenvalue weighted by Crippen LogP contribution is -2.43. The van der Waals surface area contributed by atoms with E-state index in [1.807, 2.05) is 0 Å². The van der Waals surface area contributed by atoms with E-state index < -0.39 is 36.2 Å². The van der Waals surface area contributed by atoms with Crippen LogP contribution in [0.5, 0.6) is 5.75 Å². The Balaban J connectivity index is 1.57. The van der Waals surface area contributed by atoms with E-state index in [0.29, 0.717) is 5.02 Å². The Labute approximate surface area is 193 Å². The summed E-state index contributed by atoms with van der Waals surface area (Å²) in [5.41, 5.74) is 4.56. The molecule has 11 heteroatoms. The minimum absolute atomic E-state index is 0.0177. The molecule has 1 aliphatic rings. The number of nitrogens with one attached hydrogen (secondary N) is 2. The third-order valence-corrected chi connectivity index (χ3v) is 4.81. The van der Waals surface area contributed by atoms with E-state index in [2.05, 4.69) is 17.4 Å². The first-order valence-corrected chi connectivity index (χ1v) is 9.85. The Hall–Kier alpha value is -4.18. The summed E-state index contributed by atoms with van der Waals surface area (Å²) in [7, 11) is 1.37. The van der Waals surface area contributed by atoms with Crippen LogP contribution in [0.15, 0.2) is 49.1 Å². The Morgan fingerprint density at radius 2 is 1.79 bits per heavy atom. The molecular weight excluding hydrogens is 454 g/mol. The summed E-state index contributed by atoms with van der Waals surface area (Å²) in [5, 5.41) is 0.295. The highest BCUT2D eigenvalue weighted by Gasteiger charge is 2.35. The van der Waals surface area contributed by atoms with Crippen LogP contribution in [0.3, 0.4) is 0 Å². The van der Waals surface area contributed by atoms with Crippen LogP contribution >= 0.6 is 11.6 Å². The average Bonchev–Trinajstić information content (AvgIpc) is 3.05. The molecule has 33 heavy (non-hydrogen) atoms. The van der Waals surface area contributed by atoms with Gasteiger partial charge in [-0.2, -0.15) is 0 Å². The van der Waals surface area contributed by atoms with Gasteiger partial charge in [0.15, 0.2) is 6.61 Å². The minimum Gasteiger partial charge on any atom is -0.496 e. The minimum atomic E-state index is -0.891. The molecule has 0 radical (unpaired) electrons. The lowest BCUT2D eigenvalue weighted by Gasteiger charge is -2.11. The quantitative estimate of drug-likeness (QED) is 0.272. The molecule has 0 bridgehead atoms. The van der Waals surface area contributed by atoms with E-state index in [4.69, 9.17) is 21.1 Å². The zero-order valence-corrected chi connectivity index (χ0v) is 18.1. The van der Waals surface area contributed by atoms with Gasteiger partial charge < -0.3 is 9.47 Å². The zero-order chi connectivity index (χ0) is 24.1. The highest BCUT2D eigenvalue weighted by Crippen LogP contribution is 2.24. The highest BCUT2D eigenvalue weighted by molar-refractivity contribution is 6.31. The van der Waals surface area contributed by atoms with Crippen molar-refractivity contribution in [3.05, 3.63) is 76.3 Å². The SMILES string of the molecule is C=CCN1C(=O)c2ccc(C(=O)OCC(=O)NNC(=O)c3cc(Cl)ccc3OC)cc2C1=O. The van der Waals surface area contributed by atoms with Crippen LogP contribution in [0.1, 0.15) is 41.4 Å². The van der Waals surface area contributed by atoms with E-state index in [9.17, 15) is 24.0 Å². The number of methoxy groups -OCH3 is 1. The van der Waals surface area contributed by atoms with Gasteiger partial charge in [-0.1, -0.05) is 17.7 Å². The van der Waals surface area contributed by atoms with Crippen molar-refractivity contribution in [3.63, 3.8) is 0 Å². The number of carbonyl (C=O) groups excluding carboxylic acids is 5. The summed E-state index contributed by atoms with van der Waals surface area (Å²) >= 11 is 5.87. The summed E-state index contributed by atoms with van der Waals surface area (Å²) in [6.07, 6.45) is 1.41. The van der Waals surface area contributed by atoms with Gasteiger partial charge in [-0.15, -0.1) is 6.58 Å². The van der Waals surface area contributed by atoms with Gasteiger partial charge in [-0.05, 0) is 36.4 Å². The first-order chi connectivity index (χ1) is 15.8. The number of amides is 4. The van der Waals surface area contributed by atoms with E-state index in [-0.39, 0.29) is 34.5 Å². The molecule has 10 nitrogen and oxygen atoms in total. The number of halogens is 1. The monoisotopic (exact) mass is 471 g/mol. The molecule has 0 aliphatic carbocycles. The summed E-state index contributed by atoms with van der Waals surface area (Å²) in [5.74, 6) is -3.20. The molecule has 0 spiro atoms. The standard InChI is InChI=1S/C22H18ClN3O7/c1-3-8-26-20(29)14-6-4-12(9-15(14)21(26)30)22(31)33-11-18(27)24-25-19(28)16-10-13(23)5-7-17(16)32-2/h3-7,9-10H,1,8,11H2,2H3,(H,24,27)(H,25,28). The van der Waals surface area contributed by atoms with Crippen molar-refractivity contribution in [3.8, 4) is 5.75 Å². The Morgan fingerprint density at radius 1 is 1.06 bits per heavy atom. The van der Waals surface area contributed by atoms with Crippen LogP contribution in [0.25, 0.3) is 0 Å². The Bertz CT molecular complexity index is 1180. The number of hydrogen-bond acceptors (Lipinski definition) is 7. The fourth-order valence-corrected chi connectivity index (χ4v) is 3.19. The number of rotatable bonds is 7. The molecule has 2 aromatic carbocycles. The first kappa shape index (κ1) is 23.5. The summed E-state index contributed by atoms with van der Waals surface area (Å²) in [6.45, 7) is 2.83. The van der Waals surface area contributed by atoms with Crippen molar-refractivity contribution in [2.45, 2.75) is 0 Å². The van der Waals surface area contributed by atoms with Crippen LogP contribution in [-0.4, -0.2) is 54.8 Å². The Morgan fingerprint density at radius 3 is 2.48 bits per heavy atom. The van der Waals surface area contributed by atoms with Crippen molar-refractivity contribution < 1.29 is 33.4 Å². The predicted octanol–water partition coefficient (Wildman–Crippen LogP) is 1.75. The van der Waals surface area contributed by atoms with Gasteiger partial charge in [0.2, 0.25) is 0 Å². The number of benzene rings is 2. The van der Waals surface area contributed by atoms with Gasteiger partial charge in [0, 0.05) is 11.6 Å². The van der Waals surface area contributed by atoms with Crippen molar-refractivity contribution in [1.29, 1.82) is 0 Å². The van der Waals surface area contributed by atoms with Crippen LogP contribution in [-0.2, 0) is 9.53 Å². The van der Waals surface area contributed by atoms with Gasteiger partial charge in [0.05, 0.1) is 29.4 Å². The lowest BCUT2D eigenvalue weighted by molar-refractivity contribution is -0.125. The third kappa shape index (κ3) is 5.01. The molecule has 170 valence electrons. The smallest absolute Gasteiger partial charge is 0.338 e. The van der Waals surface area contributed by atoms with Crippen LogP contribution in [0, 0.1) is 0 Å². The molecule has 0 saturated carbocycles. The molecule has 3 rings (SSSR count). The van der Waals surface area contributed by atoms with E-state index in [1.165, 1.54) is 49.6 Å². The second kappa shape index (κ2) is 9.96. The van der Waals surface area contributed by atoms with Gasteiger partial charge in [0.1, 0.15) is 5.75 Å². The molecule has 0 saturated heterocycles. The molecule has 1 aliphatic heterocycles. The fourth-order valence-electron chi connectivity index (χ4n) is 3.01. The number of carbonyl (C=O) groups is 5. The van der Waals surface area contributed by atoms with Crippen LogP contribution in [0.2, 0.25) is 5.02 Å². The average molecular weight is 472 g/mol. The van der Waals surface area contributed by atoms with Gasteiger partial charge in [-0.3, -0.25) is 34.9 Å². The largest absolute Gasteiger partial charge is 0.496 e. The molecular formula is C22H18ClN3O7. The summed E-state index contributed by atoms with van der Waals surface area (Å²) < 4.78 is 9.98. The number of hydrazine groups is 1. The number of ether oxygens (including phenoxy) is 2. The van der Waals surface area contributed by atoms with Crippen molar-refractivity contribution in [2.75, 3.05) is 20.3 Å². The third-order valence-electron chi connectivity index (χ3n) is 4.57. The second-order valence-corrected chi connectivity index (χ2v) is 7.13. The molecule has 0 aromatic heterocycles. The number of esters is 1. The van der Waals surface area contributed by atoms with Crippen molar-refractivity contribution in [2.24, 2.45) is 0 Å². The predicted molar refractivity (Wildman–Crippen MR) is 116 cm³/mol. The summed E-state index contributed by atoms with van der Waals surface area (Å²) in [6, 6.07) is 8.27. The maximum atomic E-state index is 12.4. The normalized spacial score (nSPS) is 12.1. The van der Waals surface area contributed by atoms with E-state index >= 15 is 0 Å². The number of fused-ring (bicyclic) bond motifs is 1. The highest BCUT2D eigenvalue weighted by atomic mass is 35.5. The number of imide groups is 1. The van der Waals surface area contributed by atoms with E-state index in [1.54, 1.807) is 0 Å². The maximum Gasteiger partial charge on any atom is 0.338 e. The van der Waals surface area contributed by atoms with Gasteiger partial charge in [-0.25, -0.2) is 4.79 Å². The number of nitrogens with zero attached hydrogens (tertiary/aromatic N) is 1. The van der Waals surface area contributed by atoms with E-state index in [0.717, 1.165) is 4.90 Å². The molecule has 2 N–H and O–H groups in total. The molecule has 1 heterocycles. The molecule has 4 amide bonds. The molecule has 0 fully saturated rings. The van der Waals surface area contributed by atoms with Gasteiger partial charge >= 0.3 is 5.97 Å². The molecule has 0 unspecified atom stereocenters. The van der Waals surface area contributed by atoms with Crippen LogP contribution in [0.4, 0.5) is 0 Å². The maximum absolute atomic E-state index is 12.4. The molecule has 2 aromatic rings. The first-order valence-electron chi connectivity index (χ1n) is 9.47. The zero-order valence-electron chi connectivity index (χ0n) is 17.3. The Kier molecular flexibility index (Phi) is 7.09. The van der Waals surface area contributed by atoms with Crippen molar-refractivity contribution >= 4 is 41.2 Å². The van der Waals surface area contributed by atoms with Gasteiger partial charge in [0.25, 0.3) is 23.6 Å². The topological polar surface area (TPSA) is 131 Å². The fraction of sp³-hybridized carbons (Fsp3) is 0.136.